The molecular formula is C13H27ClN2O. The molecule has 102 valence electrons. The molecule has 4 heteroatoms. The van der Waals surface area contributed by atoms with E-state index < -0.39 is 0 Å². The maximum absolute atomic E-state index is 11.5. The fraction of sp³-hybridized carbons (Fsp3) is 0.923. The predicted molar refractivity (Wildman–Crippen MR) is 74.3 cm³/mol. The molecule has 0 aromatic carbocycles. The van der Waals surface area contributed by atoms with E-state index in [9.17, 15) is 4.79 Å². The fourth-order valence-electron chi connectivity index (χ4n) is 2.22. The summed E-state index contributed by atoms with van der Waals surface area (Å²) in [6, 6.07) is -0.333. The molecule has 1 rings (SSSR count). The molecule has 0 unspecified atom stereocenters. The SMILES string of the molecule is CC[C@H](N)C(=O)NCC1CCC(C)(C)CC1.Cl. The highest BCUT2D eigenvalue weighted by molar-refractivity contribution is 5.85. The van der Waals surface area contributed by atoms with E-state index in [1.54, 1.807) is 0 Å². The summed E-state index contributed by atoms with van der Waals surface area (Å²) < 4.78 is 0. The van der Waals surface area contributed by atoms with Crippen LogP contribution in [0.1, 0.15) is 52.9 Å². The first-order valence-electron chi connectivity index (χ1n) is 6.48. The third-order valence-electron chi connectivity index (χ3n) is 3.80. The Labute approximate surface area is 111 Å². The molecule has 1 fully saturated rings. The lowest BCUT2D eigenvalue weighted by Gasteiger charge is -2.34. The highest BCUT2D eigenvalue weighted by atomic mass is 35.5. The van der Waals surface area contributed by atoms with E-state index in [1.165, 1.54) is 25.7 Å². The highest BCUT2D eigenvalue weighted by Gasteiger charge is 2.27. The number of amides is 1. The van der Waals surface area contributed by atoms with Crippen LogP contribution in [-0.4, -0.2) is 18.5 Å². The average molecular weight is 263 g/mol. The minimum atomic E-state index is -0.333. The Morgan fingerprint density at radius 1 is 1.41 bits per heavy atom. The zero-order valence-electron chi connectivity index (χ0n) is 11.3. The number of hydrogen-bond acceptors (Lipinski definition) is 2. The number of carbonyl (C=O) groups excluding carboxylic acids is 1. The Morgan fingerprint density at radius 3 is 2.41 bits per heavy atom. The van der Waals surface area contributed by atoms with Crippen LogP contribution in [0.3, 0.4) is 0 Å². The van der Waals surface area contributed by atoms with Crippen LogP contribution in [0.25, 0.3) is 0 Å². The van der Waals surface area contributed by atoms with Gasteiger partial charge in [-0.3, -0.25) is 4.79 Å². The molecular weight excluding hydrogens is 236 g/mol. The van der Waals surface area contributed by atoms with Gasteiger partial charge in [-0.1, -0.05) is 20.8 Å². The van der Waals surface area contributed by atoms with Gasteiger partial charge >= 0.3 is 0 Å². The summed E-state index contributed by atoms with van der Waals surface area (Å²) in [7, 11) is 0. The summed E-state index contributed by atoms with van der Waals surface area (Å²) in [6.07, 6.45) is 5.72. The van der Waals surface area contributed by atoms with Gasteiger partial charge in [0.2, 0.25) is 5.91 Å². The molecule has 1 amide bonds. The molecule has 17 heavy (non-hydrogen) atoms. The van der Waals surface area contributed by atoms with Crippen molar-refractivity contribution in [1.29, 1.82) is 0 Å². The van der Waals surface area contributed by atoms with Crippen LogP contribution in [0.15, 0.2) is 0 Å². The van der Waals surface area contributed by atoms with Crippen molar-refractivity contribution in [2.24, 2.45) is 17.1 Å². The number of carbonyl (C=O) groups is 1. The Bertz CT molecular complexity index is 234. The van der Waals surface area contributed by atoms with Gasteiger partial charge in [-0.25, -0.2) is 0 Å². The Balaban J connectivity index is 0.00000256. The van der Waals surface area contributed by atoms with Crippen LogP contribution in [0.5, 0.6) is 0 Å². The molecule has 0 spiro atoms. The van der Waals surface area contributed by atoms with Crippen LogP contribution in [-0.2, 0) is 4.79 Å². The highest BCUT2D eigenvalue weighted by Crippen LogP contribution is 2.37. The summed E-state index contributed by atoms with van der Waals surface area (Å²) in [6.45, 7) is 7.40. The molecule has 1 aliphatic carbocycles. The smallest absolute Gasteiger partial charge is 0.236 e. The minimum Gasteiger partial charge on any atom is -0.354 e. The van der Waals surface area contributed by atoms with Crippen LogP contribution < -0.4 is 11.1 Å². The van der Waals surface area contributed by atoms with Crippen molar-refractivity contribution in [2.75, 3.05) is 6.54 Å². The van der Waals surface area contributed by atoms with Crippen molar-refractivity contribution in [3.05, 3.63) is 0 Å². The molecule has 0 saturated heterocycles. The number of rotatable bonds is 4. The zero-order chi connectivity index (χ0) is 12.2. The summed E-state index contributed by atoms with van der Waals surface area (Å²) in [5.74, 6) is 0.661. The molecule has 0 aromatic rings. The zero-order valence-corrected chi connectivity index (χ0v) is 12.1. The quantitative estimate of drug-likeness (QED) is 0.818. The molecule has 0 heterocycles. The van der Waals surface area contributed by atoms with E-state index >= 15 is 0 Å². The van der Waals surface area contributed by atoms with E-state index in [-0.39, 0.29) is 24.4 Å². The minimum absolute atomic E-state index is 0. The molecule has 1 aliphatic rings. The Kier molecular flexibility index (Phi) is 7.10. The van der Waals surface area contributed by atoms with Crippen molar-refractivity contribution in [3.63, 3.8) is 0 Å². The summed E-state index contributed by atoms with van der Waals surface area (Å²) in [5.41, 5.74) is 6.16. The first kappa shape index (κ1) is 16.7. The second-order valence-electron chi connectivity index (χ2n) is 5.87. The van der Waals surface area contributed by atoms with Gasteiger partial charge < -0.3 is 11.1 Å². The largest absolute Gasteiger partial charge is 0.354 e. The molecule has 0 aliphatic heterocycles. The van der Waals surface area contributed by atoms with Gasteiger partial charge in [0.15, 0.2) is 0 Å². The third-order valence-corrected chi connectivity index (χ3v) is 3.80. The average Bonchev–Trinajstić information content (AvgIpc) is 2.26. The Hall–Kier alpha value is -0.280. The van der Waals surface area contributed by atoms with Gasteiger partial charge in [-0.05, 0) is 43.4 Å². The van der Waals surface area contributed by atoms with Crippen LogP contribution in [0.2, 0.25) is 0 Å². The normalized spacial score (nSPS) is 21.4. The standard InChI is InChI=1S/C13H26N2O.ClH/c1-4-11(14)12(16)15-9-10-5-7-13(2,3)8-6-10;/h10-11H,4-9,14H2,1-3H3,(H,15,16);1H/t11-;/m0./s1. The van der Waals surface area contributed by atoms with Gasteiger partial charge in [0.1, 0.15) is 0 Å². The van der Waals surface area contributed by atoms with Gasteiger partial charge in [-0.2, -0.15) is 0 Å². The summed E-state index contributed by atoms with van der Waals surface area (Å²) >= 11 is 0. The number of nitrogens with two attached hydrogens (primary N) is 1. The fourth-order valence-corrected chi connectivity index (χ4v) is 2.22. The van der Waals surface area contributed by atoms with Crippen molar-refractivity contribution < 1.29 is 4.79 Å². The predicted octanol–water partition coefficient (Wildman–Crippen LogP) is 2.48. The second kappa shape index (κ2) is 7.22. The lowest BCUT2D eigenvalue weighted by atomic mass is 9.73. The topological polar surface area (TPSA) is 55.1 Å². The lowest BCUT2D eigenvalue weighted by molar-refractivity contribution is -0.122. The number of hydrogen-bond donors (Lipinski definition) is 2. The van der Waals surface area contributed by atoms with Crippen molar-refractivity contribution >= 4 is 18.3 Å². The first-order chi connectivity index (χ1) is 7.44. The van der Waals surface area contributed by atoms with Crippen LogP contribution in [0.4, 0.5) is 0 Å². The number of halogens is 1. The van der Waals surface area contributed by atoms with Gasteiger partial charge in [0.25, 0.3) is 0 Å². The Morgan fingerprint density at radius 2 is 1.94 bits per heavy atom. The maximum Gasteiger partial charge on any atom is 0.236 e. The van der Waals surface area contributed by atoms with Crippen LogP contribution >= 0.6 is 12.4 Å². The van der Waals surface area contributed by atoms with E-state index in [0.29, 0.717) is 17.8 Å². The second-order valence-corrected chi connectivity index (χ2v) is 5.87. The van der Waals surface area contributed by atoms with Gasteiger partial charge in [-0.15, -0.1) is 12.4 Å². The summed E-state index contributed by atoms with van der Waals surface area (Å²) in [4.78, 5) is 11.5. The molecule has 1 atom stereocenters. The molecule has 3 N–H and O–H groups in total. The maximum atomic E-state index is 11.5. The molecule has 0 aromatic heterocycles. The lowest BCUT2D eigenvalue weighted by Crippen LogP contribution is -2.42. The van der Waals surface area contributed by atoms with E-state index in [0.717, 1.165) is 6.54 Å². The van der Waals surface area contributed by atoms with Crippen LogP contribution in [0, 0.1) is 11.3 Å². The van der Waals surface area contributed by atoms with Crippen molar-refractivity contribution in [1.82, 2.24) is 5.32 Å². The molecule has 3 nitrogen and oxygen atoms in total. The molecule has 1 saturated carbocycles. The van der Waals surface area contributed by atoms with Crippen molar-refractivity contribution in [2.45, 2.75) is 58.9 Å². The van der Waals surface area contributed by atoms with E-state index in [1.807, 2.05) is 6.92 Å². The van der Waals surface area contributed by atoms with E-state index in [4.69, 9.17) is 5.73 Å². The summed E-state index contributed by atoms with van der Waals surface area (Å²) in [5, 5.41) is 2.97. The van der Waals surface area contributed by atoms with Gasteiger partial charge in [0, 0.05) is 6.54 Å². The molecule has 0 radical (unpaired) electrons. The van der Waals surface area contributed by atoms with Crippen molar-refractivity contribution in [3.8, 4) is 0 Å². The van der Waals surface area contributed by atoms with E-state index in [2.05, 4.69) is 19.2 Å². The third kappa shape index (κ3) is 5.73. The molecule has 0 bridgehead atoms. The first-order valence-corrected chi connectivity index (χ1v) is 6.48. The van der Waals surface area contributed by atoms with Gasteiger partial charge in [0.05, 0.1) is 6.04 Å². The number of nitrogens with one attached hydrogen (secondary N) is 1. The monoisotopic (exact) mass is 262 g/mol.